The standard InChI is InChI=1S/C21H27N3O3/c1-3-22(4-2)19(25)15-24-14-17(16-10-6-7-11-18(16)24)20(26)21(27)23-12-8-5-9-13-23/h6-7,10-11,14H,3-5,8-9,12-13,15H2,1-2H3. The summed E-state index contributed by atoms with van der Waals surface area (Å²) in [6, 6.07) is 7.44. The Morgan fingerprint density at radius 3 is 2.33 bits per heavy atom. The average molecular weight is 369 g/mol. The summed E-state index contributed by atoms with van der Waals surface area (Å²) in [5.74, 6) is -0.920. The van der Waals surface area contributed by atoms with Gasteiger partial charge in [0.15, 0.2) is 0 Å². The van der Waals surface area contributed by atoms with Gasteiger partial charge in [0.05, 0.1) is 5.56 Å². The second-order valence-corrected chi connectivity index (χ2v) is 6.94. The minimum absolute atomic E-state index is 0.00195. The summed E-state index contributed by atoms with van der Waals surface area (Å²) in [4.78, 5) is 41.5. The first kappa shape index (κ1) is 19.1. The number of para-hydroxylation sites is 1. The maximum absolute atomic E-state index is 12.9. The predicted molar refractivity (Wildman–Crippen MR) is 105 cm³/mol. The first-order valence-corrected chi connectivity index (χ1v) is 9.76. The van der Waals surface area contributed by atoms with Gasteiger partial charge in [0.25, 0.3) is 11.7 Å². The van der Waals surface area contributed by atoms with Gasteiger partial charge in [0.1, 0.15) is 6.54 Å². The molecule has 3 rings (SSSR count). The molecular weight excluding hydrogens is 342 g/mol. The molecule has 1 fully saturated rings. The van der Waals surface area contributed by atoms with Crippen molar-refractivity contribution in [1.82, 2.24) is 14.4 Å². The summed E-state index contributed by atoms with van der Waals surface area (Å²) in [7, 11) is 0. The molecule has 0 N–H and O–H groups in total. The fraction of sp³-hybridized carbons (Fsp3) is 0.476. The molecule has 6 heteroatoms. The summed E-state index contributed by atoms with van der Waals surface area (Å²) < 4.78 is 1.78. The van der Waals surface area contributed by atoms with Gasteiger partial charge < -0.3 is 14.4 Å². The van der Waals surface area contributed by atoms with E-state index in [9.17, 15) is 14.4 Å². The number of benzene rings is 1. The molecule has 0 aliphatic carbocycles. The molecule has 1 aliphatic rings. The van der Waals surface area contributed by atoms with Crippen LogP contribution in [0.1, 0.15) is 43.5 Å². The number of Topliss-reactive ketones (excluding diaryl/α,β-unsaturated/α-hetero) is 1. The lowest BCUT2D eigenvalue weighted by Crippen LogP contribution is -2.40. The van der Waals surface area contributed by atoms with E-state index in [2.05, 4.69) is 0 Å². The number of rotatable bonds is 6. The summed E-state index contributed by atoms with van der Waals surface area (Å²) in [5, 5.41) is 0.722. The van der Waals surface area contributed by atoms with Crippen LogP contribution in [0.25, 0.3) is 10.9 Å². The SMILES string of the molecule is CCN(CC)C(=O)Cn1cc(C(=O)C(=O)N2CCCCC2)c2ccccc21. The number of carbonyl (C=O) groups is 3. The van der Waals surface area contributed by atoms with Crippen molar-refractivity contribution >= 4 is 28.5 Å². The number of fused-ring (bicyclic) bond motifs is 1. The number of aromatic nitrogens is 1. The second kappa shape index (κ2) is 8.37. The molecule has 1 saturated heterocycles. The van der Waals surface area contributed by atoms with Gasteiger partial charge >= 0.3 is 0 Å². The Bertz CT molecular complexity index is 845. The van der Waals surface area contributed by atoms with Gasteiger partial charge in [-0.3, -0.25) is 14.4 Å². The van der Waals surface area contributed by atoms with Crippen molar-refractivity contribution in [2.24, 2.45) is 0 Å². The molecule has 1 aromatic heterocycles. The van der Waals surface area contributed by atoms with Crippen LogP contribution in [-0.2, 0) is 16.1 Å². The molecule has 0 unspecified atom stereocenters. The highest BCUT2D eigenvalue weighted by atomic mass is 16.2. The van der Waals surface area contributed by atoms with Crippen molar-refractivity contribution < 1.29 is 14.4 Å². The number of hydrogen-bond acceptors (Lipinski definition) is 3. The van der Waals surface area contributed by atoms with Gasteiger partial charge in [-0.2, -0.15) is 0 Å². The Morgan fingerprint density at radius 2 is 1.67 bits per heavy atom. The number of hydrogen-bond donors (Lipinski definition) is 0. The smallest absolute Gasteiger partial charge is 0.295 e. The van der Waals surface area contributed by atoms with Crippen LogP contribution < -0.4 is 0 Å². The molecular formula is C21H27N3O3. The predicted octanol–water partition coefficient (Wildman–Crippen LogP) is 2.70. The van der Waals surface area contributed by atoms with Crippen molar-refractivity contribution in [3.63, 3.8) is 0 Å². The Hall–Kier alpha value is -2.63. The third-order valence-corrected chi connectivity index (χ3v) is 5.29. The first-order valence-electron chi connectivity index (χ1n) is 9.76. The van der Waals surface area contributed by atoms with Crippen molar-refractivity contribution in [3.8, 4) is 0 Å². The highest BCUT2D eigenvalue weighted by Gasteiger charge is 2.27. The zero-order valence-corrected chi connectivity index (χ0v) is 16.1. The van der Waals surface area contributed by atoms with Crippen molar-refractivity contribution in [1.29, 1.82) is 0 Å². The summed E-state index contributed by atoms with van der Waals surface area (Å²) in [6.07, 6.45) is 4.65. The third-order valence-electron chi connectivity index (χ3n) is 5.29. The largest absolute Gasteiger partial charge is 0.342 e. The number of likely N-dealkylation sites (tertiary alicyclic amines) is 1. The van der Waals surface area contributed by atoms with Crippen LogP contribution in [0.3, 0.4) is 0 Å². The minimum Gasteiger partial charge on any atom is -0.342 e. The Balaban J connectivity index is 1.91. The molecule has 0 bridgehead atoms. The third kappa shape index (κ3) is 3.89. The molecule has 1 aliphatic heterocycles. The topological polar surface area (TPSA) is 62.6 Å². The van der Waals surface area contributed by atoms with Crippen molar-refractivity contribution in [2.75, 3.05) is 26.2 Å². The van der Waals surface area contributed by atoms with Crippen LogP contribution in [0.15, 0.2) is 30.5 Å². The van der Waals surface area contributed by atoms with E-state index in [1.807, 2.05) is 38.1 Å². The highest BCUT2D eigenvalue weighted by molar-refractivity contribution is 6.44. The molecule has 0 atom stereocenters. The van der Waals surface area contributed by atoms with Crippen LogP contribution in [0.5, 0.6) is 0 Å². The monoisotopic (exact) mass is 369 g/mol. The van der Waals surface area contributed by atoms with E-state index in [0.717, 1.165) is 30.2 Å². The zero-order chi connectivity index (χ0) is 19.4. The Morgan fingerprint density at radius 1 is 1.00 bits per heavy atom. The van der Waals surface area contributed by atoms with Crippen LogP contribution in [0, 0.1) is 0 Å². The molecule has 6 nitrogen and oxygen atoms in total. The lowest BCUT2D eigenvalue weighted by Gasteiger charge is -2.25. The van der Waals surface area contributed by atoms with E-state index in [0.29, 0.717) is 31.7 Å². The normalized spacial score (nSPS) is 14.4. The Kier molecular flexibility index (Phi) is 5.94. The van der Waals surface area contributed by atoms with Crippen LogP contribution in [0.2, 0.25) is 0 Å². The molecule has 2 heterocycles. The highest BCUT2D eigenvalue weighted by Crippen LogP contribution is 2.23. The number of likely N-dealkylation sites (N-methyl/N-ethyl adjacent to an activating group) is 1. The molecule has 0 saturated carbocycles. The average Bonchev–Trinajstić information content (AvgIpc) is 3.07. The maximum atomic E-state index is 12.9. The molecule has 2 aromatic rings. The summed E-state index contributed by atoms with van der Waals surface area (Å²) in [6.45, 7) is 6.63. The van der Waals surface area contributed by atoms with Crippen molar-refractivity contribution in [3.05, 3.63) is 36.0 Å². The molecule has 1 aromatic carbocycles. The number of ketones is 1. The molecule has 0 spiro atoms. The Labute approximate surface area is 159 Å². The van der Waals surface area contributed by atoms with E-state index in [1.165, 1.54) is 0 Å². The van der Waals surface area contributed by atoms with Gasteiger partial charge in [-0.25, -0.2) is 0 Å². The molecule has 144 valence electrons. The number of nitrogens with zero attached hydrogens (tertiary/aromatic N) is 3. The van der Waals surface area contributed by atoms with E-state index in [1.54, 1.807) is 20.6 Å². The van der Waals surface area contributed by atoms with E-state index >= 15 is 0 Å². The molecule has 27 heavy (non-hydrogen) atoms. The zero-order valence-electron chi connectivity index (χ0n) is 16.1. The molecule has 0 radical (unpaired) electrons. The van der Waals surface area contributed by atoms with Gasteiger partial charge in [0, 0.05) is 43.3 Å². The van der Waals surface area contributed by atoms with Gasteiger partial charge in [-0.1, -0.05) is 18.2 Å². The first-order chi connectivity index (χ1) is 13.1. The van der Waals surface area contributed by atoms with Gasteiger partial charge in [-0.15, -0.1) is 0 Å². The van der Waals surface area contributed by atoms with Crippen LogP contribution in [-0.4, -0.2) is 58.1 Å². The quantitative estimate of drug-likeness (QED) is 0.581. The lowest BCUT2D eigenvalue weighted by atomic mass is 10.1. The molecule has 2 amide bonds. The number of piperidine rings is 1. The second-order valence-electron chi connectivity index (χ2n) is 6.94. The number of carbonyl (C=O) groups excluding carboxylic acids is 3. The van der Waals surface area contributed by atoms with Gasteiger partial charge in [0.2, 0.25) is 5.91 Å². The van der Waals surface area contributed by atoms with Gasteiger partial charge in [-0.05, 0) is 39.2 Å². The van der Waals surface area contributed by atoms with Crippen LogP contribution >= 0.6 is 0 Å². The van der Waals surface area contributed by atoms with E-state index in [4.69, 9.17) is 0 Å². The fourth-order valence-corrected chi connectivity index (χ4v) is 3.74. The van der Waals surface area contributed by atoms with Crippen molar-refractivity contribution in [2.45, 2.75) is 39.7 Å². The number of amides is 2. The summed E-state index contributed by atoms with van der Waals surface area (Å²) in [5.41, 5.74) is 1.18. The maximum Gasteiger partial charge on any atom is 0.295 e. The minimum atomic E-state index is -0.484. The lowest BCUT2D eigenvalue weighted by molar-refractivity contribution is -0.131. The van der Waals surface area contributed by atoms with Crippen LogP contribution in [0.4, 0.5) is 0 Å². The van der Waals surface area contributed by atoms with E-state index in [-0.39, 0.29) is 12.5 Å². The van der Waals surface area contributed by atoms with E-state index < -0.39 is 11.7 Å². The fourth-order valence-electron chi connectivity index (χ4n) is 3.74. The summed E-state index contributed by atoms with van der Waals surface area (Å²) >= 11 is 0.